The van der Waals surface area contributed by atoms with E-state index in [4.69, 9.17) is 19.4 Å². The summed E-state index contributed by atoms with van der Waals surface area (Å²) < 4.78 is 6.61. The molecule has 0 spiro atoms. The maximum absolute atomic E-state index is 6.61. The fourth-order valence-electron chi connectivity index (χ4n) is 10.9. The number of aromatic nitrogens is 1. The van der Waals surface area contributed by atoms with Crippen LogP contribution in [-0.4, -0.2) is 22.4 Å². The molecule has 0 radical (unpaired) electrons. The lowest BCUT2D eigenvalue weighted by Crippen LogP contribution is -2.25. The number of furan rings is 1. The highest BCUT2D eigenvalue weighted by Crippen LogP contribution is 2.44. The number of aryl methyl sites for hydroxylation is 1. The molecule has 0 saturated heterocycles. The minimum absolute atomic E-state index is 0.0122. The number of nitrogens with zero attached hydrogens (tertiary/aromatic N) is 3. The first-order valence-corrected chi connectivity index (χ1v) is 22.6. The van der Waals surface area contributed by atoms with Gasteiger partial charge in [0.2, 0.25) is 0 Å². The second kappa shape index (κ2) is 14.2. The molecule has 3 aliphatic rings. The first-order valence-electron chi connectivity index (χ1n) is 22.6. The molecule has 2 aliphatic heterocycles. The van der Waals surface area contributed by atoms with Crippen molar-refractivity contribution < 1.29 is 4.42 Å². The lowest BCUT2D eigenvalue weighted by atomic mass is 9.79. The van der Waals surface area contributed by atoms with Gasteiger partial charge in [-0.3, -0.25) is 9.98 Å². The molecule has 2 unspecified atom stereocenters. The van der Waals surface area contributed by atoms with Crippen LogP contribution >= 0.6 is 0 Å². The molecular formula is C61H39N3O. The zero-order valence-corrected chi connectivity index (χ0v) is 35.4. The highest BCUT2D eigenvalue weighted by atomic mass is 16.3. The van der Waals surface area contributed by atoms with Crippen molar-refractivity contribution in [3.63, 3.8) is 0 Å². The van der Waals surface area contributed by atoms with Gasteiger partial charge in [0.05, 0.1) is 28.7 Å². The van der Waals surface area contributed by atoms with E-state index in [1.807, 2.05) is 6.07 Å². The van der Waals surface area contributed by atoms with Gasteiger partial charge in [-0.05, 0) is 97.7 Å². The van der Waals surface area contributed by atoms with Crippen molar-refractivity contribution in [3.8, 4) is 22.4 Å². The van der Waals surface area contributed by atoms with E-state index in [0.29, 0.717) is 0 Å². The zero-order valence-electron chi connectivity index (χ0n) is 35.4. The van der Waals surface area contributed by atoms with E-state index in [2.05, 4.69) is 194 Å². The third kappa shape index (κ3) is 5.67. The van der Waals surface area contributed by atoms with Crippen LogP contribution in [0, 0.1) is 0 Å². The maximum Gasteiger partial charge on any atom is 0.139 e. The Balaban J connectivity index is 0.840. The van der Waals surface area contributed by atoms with E-state index in [-0.39, 0.29) is 12.0 Å². The van der Waals surface area contributed by atoms with Crippen LogP contribution in [0.5, 0.6) is 0 Å². The molecule has 2 aromatic heterocycles. The molecule has 2 atom stereocenters. The van der Waals surface area contributed by atoms with Crippen LogP contribution in [0.1, 0.15) is 40.2 Å². The Bertz CT molecular complexity index is 3920. The molecule has 0 saturated carbocycles. The summed E-state index contributed by atoms with van der Waals surface area (Å²) >= 11 is 0. The van der Waals surface area contributed by atoms with Gasteiger partial charge in [-0.25, -0.2) is 4.98 Å². The van der Waals surface area contributed by atoms with Crippen LogP contribution in [0.3, 0.4) is 0 Å². The summed E-state index contributed by atoms with van der Waals surface area (Å²) in [7, 11) is 0. The van der Waals surface area contributed by atoms with Gasteiger partial charge in [0.25, 0.3) is 0 Å². The highest BCUT2D eigenvalue weighted by molar-refractivity contribution is 6.26. The molecular weight excluding hydrogens is 791 g/mol. The number of allylic oxidation sites excluding steroid dienone is 2. The molecule has 0 amide bonds. The van der Waals surface area contributed by atoms with Crippen LogP contribution in [0.25, 0.3) is 87.5 Å². The maximum atomic E-state index is 6.61. The van der Waals surface area contributed by atoms with Crippen LogP contribution in [-0.2, 0) is 6.42 Å². The number of pyridine rings is 1. The third-order valence-electron chi connectivity index (χ3n) is 14.1. The summed E-state index contributed by atoms with van der Waals surface area (Å²) in [6.45, 7) is 0. The van der Waals surface area contributed by atoms with E-state index in [1.165, 1.54) is 60.1 Å². The van der Waals surface area contributed by atoms with E-state index >= 15 is 0 Å². The predicted molar refractivity (Wildman–Crippen MR) is 270 cm³/mol. The van der Waals surface area contributed by atoms with Gasteiger partial charge in [-0.15, -0.1) is 0 Å². The van der Waals surface area contributed by atoms with Gasteiger partial charge < -0.3 is 4.42 Å². The predicted octanol–water partition coefficient (Wildman–Crippen LogP) is 15.4. The Hall–Kier alpha value is -8.21. The van der Waals surface area contributed by atoms with E-state index < -0.39 is 0 Å². The average Bonchev–Trinajstić information content (AvgIpc) is 3.77. The number of aliphatic imine (C=N–C) groups is 2. The van der Waals surface area contributed by atoms with Crippen molar-refractivity contribution in [1.29, 1.82) is 0 Å². The number of benzene rings is 9. The van der Waals surface area contributed by atoms with Gasteiger partial charge in [0, 0.05) is 50.0 Å². The van der Waals surface area contributed by atoms with Gasteiger partial charge in [-0.2, -0.15) is 0 Å². The molecule has 1 aliphatic carbocycles. The van der Waals surface area contributed by atoms with E-state index in [1.54, 1.807) is 0 Å². The Kier molecular flexibility index (Phi) is 7.90. The van der Waals surface area contributed by atoms with Gasteiger partial charge in [-0.1, -0.05) is 170 Å². The Morgan fingerprint density at radius 1 is 0.477 bits per heavy atom. The molecule has 4 heterocycles. The van der Waals surface area contributed by atoms with Crippen molar-refractivity contribution in [2.45, 2.75) is 24.8 Å². The Morgan fingerprint density at radius 2 is 1.14 bits per heavy atom. The summed E-state index contributed by atoms with van der Waals surface area (Å²) in [6.07, 6.45) is 10.6. The van der Waals surface area contributed by atoms with Crippen molar-refractivity contribution in [2.24, 2.45) is 9.98 Å². The normalized spacial score (nSPS) is 16.6. The molecule has 0 N–H and O–H groups in total. The number of rotatable bonds is 4. The van der Waals surface area contributed by atoms with E-state index in [0.717, 1.165) is 85.2 Å². The molecule has 0 fully saturated rings. The van der Waals surface area contributed by atoms with Gasteiger partial charge in [0.15, 0.2) is 0 Å². The standard InChI is InChI=1S/C61H39N3O/c1-2-10-37(11-3-1)53-32-26-39-22-23-40-27-33-54(63-60(40)59(39)62-53)42-25-29-46-45-28-24-41(34-51(45)43-12-4-5-13-44(43)52(46)35-42)36-18-20-38(21-19-36)58-50-31-30-48-47-14-7-9-17-56(47)65-61(48)57(50)49-15-6-8-16-55(49)64-58/h1-25,27-31,33-35,49,55H,26,32H2. The smallest absolute Gasteiger partial charge is 0.139 e. The molecule has 4 heteroatoms. The number of para-hydroxylation sites is 1. The fourth-order valence-corrected chi connectivity index (χ4v) is 10.9. The SMILES string of the molecule is C1=CC2N=C(c3ccc(-c4ccc5c6ccc(-c7ccc8ccc9c(c8n7)N=C(c7ccccc7)CC9)cc6c6ccccc6c5c4)cc3)c3ccc4c(oc5ccccc54)c3C2C=C1. The van der Waals surface area contributed by atoms with Crippen molar-refractivity contribution in [1.82, 2.24) is 4.98 Å². The van der Waals surface area contributed by atoms with Crippen LogP contribution in [0.15, 0.2) is 215 Å². The minimum atomic E-state index is 0.0122. The molecule has 11 aromatic rings. The summed E-state index contributed by atoms with van der Waals surface area (Å²) in [5.41, 5.74) is 16.3. The highest BCUT2D eigenvalue weighted by Gasteiger charge is 2.33. The average molecular weight is 830 g/mol. The molecule has 14 rings (SSSR count). The number of fused-ring (bicyclic) bond motifs is 16. The van der Waals surface area contributed by atoms with Crippen LogP contribution < -0.4 is 0 Å². The summed E-state index contributed by atoms with van der Waals surface area (Å²) in [5, 5.41) is 10.8. The second-order valence-corrected chi connectivity index (χ2v) is 17.7. The van der Waals surface area contributed by atoms with Crippen molar-refractivity contribution in [2.75, 3.05) is 0 Å². The van der Waals surface area contributed by atoms with Crippen LogP contribution in [0.4, 0.5) is 5.69 Å². The summed E-state index contributed by atoms with van der Waals surface area (Å²) in [4.78, 5) is 16.0. The van der Waals surface area contributed by atoms with Gasteiger partial charge >= 0.3 is 0 Å². The minimum Gasteiger partial charge on any atom is -0.456 e. The first kappa shape index (κ1) is 36.3. The van der Waals surface area contributed by atoms with Crippen molar-refractivity contribution >= 4 is 82.3 Å². The van der Waals surface area contributed by atoms with Gasteiger partial charge in [0.1, 0.15) is 11.2 Å². The van der Waals surface area contributed by atoms with Crippen molar-refractivity contribution in [3.05, 3.63) is 228 Å². The number of hydrogen-bond acceptors (Lipinski definition) is 4. The fraction of sp³-hybridized carbons (Fsp3) is 0.0656. The molecule has 9 aromatic carbocycles. The molecule has 0 bridgehead atoms. The molecule has 304 valence electrons. The lowest BCUT2D eigenvalue weighted by molar-refractivity contribution is 0.641. The monoisotopic (exact) mass is 829 g/mol. The third-order valence-corrected chi connectivity index (χ3v) is 14.1. The Labute approximate surface area is 375 Å². The summed E-state index contributed by atoms with van der Waals surface area (Å²) in [5.74, 6) is 0.127. The molecule has 4 nitrogen and oxygen atoms in total. The summed E-state index contributed by atoms with van der Waals surface area (Å²) in [6, 6.07) is 63.7. The topological polar surface area (TPSA) is 50.8 Å². The Morgan fingerprint density at radius 3 is 1.97 bits per heavy atom. The largest absolute Gasteiger partial charge is 0.456 e. The van der Waals surface area contributed by atoms with Crippen LogP contribution in [0.2, 0.25) is 0 Å². The lowest BCUT2D eigenvalue weighted by Gasteiger charge is -2.30. The molecule has 65 heavy (non-hydrogen) atoms. The number of hydrogen-bond donors (Lipinski definition) is 0. The quantitative estimate of drug-likeness (QED) is 0.166. The first-order chi connectivity index (χ1) is 32.2. The van der Waals surface area contributed by atoms with E-state index in [9.17, 15) is 0 Å². The zero-order chi connectivity index (χ0) is 42.6. The second-order valence-electron chi connectivity index (χ2n) is 17.7.